The lowest BCUT2D eigenvalue weighted by atomic mass is 9.92. The fourth-order valence-electron chi connectivity index (χ4n) is 3.22. The lowest BCUT2D eigenvalue weighted by Crippen LogP contribution is -2.50. The summed E-state index contributed by atoms with van der Waals surface area (Å²) in [5, 5.41) is 0. The van der Waals surface area contributed by atoms with Crippen molar-refractivity contribution in [1.82, 2.24) is 9.80 Å². The standard InChI is InChI=1S/C17H27N3O/c1-4-20-10-9-16(13(2)12-20)19(3)17(21)15-7-5-14(11-18)6-8-15/h5-8,13,16H,4,9-12,18H2,1-3H3. The van der Waals surface area contributed by atoms with E-state index in [1.165, 1.54) is 0 Å². The van der Waals surface area contributed by atoms with E-state index in [9.17, 15) is 4.79 Å². The topological polar surface area (TPSA) is 49.6 Å². The Bertz CT molecular complexity index is 471. The third-order valence-electron chi connectivity index (χ3n) is 4.65. The van der Waals surface area contributed by atoms with E-state index in [-0.39, 0.29) is 5.91 Å². The summed E-state index contributed by atoms with van der Waals surface area (Å²) in [5.41, 5.74) is 7.40. The quantitative estimate of drug-likeness (QED) is 0.921. The molecule has 2 N–H and O–H groups in total. The summed E-state index contributed by atoms with van der Waals surface area (Å²) < 4.78 is 0. The van der Waals surface area contributed by atoms with Gasteiger partial charge in [-0.1, -0.05) is 26.0 Å². The van der Waals surface area contributed by atoms with Crippen LogP contribution in [0.1, 0.15) is 36.2 Å². The van der Waals surface area contributed by atoms with Gasteiger partial charge >= 0.3 is 0 Å². The van der Waals surface area contributed by atoms with Gasteiger partial charge in [0.1, 0.15) is 0 Å². The van der Waals surface area contributed by atoms with Gasteiger partial charge < -0.3 is 15.5 Å². The van der Waals surface area contributed by atoms with Crippen molar-refractivity contribution >= 4 is 5.91 Å². The van der Waals surface area contributed by atoms with Crippen molar-refractivity contribution in [1.29, 1.82) is 0 Å². The van der Waals surface area contributed by atoms with Gasteiger partial charge in [-0.05, 0) is 36.6 Å². The smallest absolute Gasteiger partial charge is 0.253 e. The van der Waals surface area contributed by atoms with Gasteiger partial charge in [0.25, 0.3) is 5.91 Å². The molecule has 1 aromatic carbocycles. The summed E-state index contributed by atoms with van der Waals surface area (Å²) >= 11 is 0. The van der Waals surface area contributed by atoms with Crippen LogP contribution in [0.2, 0.25) is 0 Å². The lowest BCUT2D eigenvalue weighted by Gasteiger charge is -2.41. The van der Waals surface area contributed by atoms with Crippen LogP contribution in [-0.2, 0) is 6.54 Å². The number of hydrogen-bond acceptors (Lipinski definition) is 3. The third-order valence-corrected chi connectivity index (χ3v) is 4.65. The van der Waals surface area contributed by atoms with E-state index in [4.69, 9.17) is 5.73 Å². The van der Waals surface area contributed by atoms with Crippen molar-refractivity contribution < 1.29 is 4.79 Å². The van der Waals surface area contributed by atoms with Gasteiger partial charge in [0, 0.05) is 38.3 Å². The predicted molar refractivity (Wildman–Crippen MR) is 86.1 cm³/mol. The maximum Gasteiger partial charge on any atom is 0.253 e. The first kappa shape index (κ1) is 16.0. The van der Waals surface area contributed by atoms with Crippen LogP contribution in [0.3, 0.4) is 0 Å². The molecule has 2 rings (SSSR count). The second-order valence-electron chi connectivity index (χ2n) is 6.04. The fourth-order valence-corrected chi connectivity index (χ4v) is 3.22. The summed E-state index contributed by atoms with van der Waals surface area (Å²) in [6.45, 7) is 8.20. The van der Waals surface area contributed by atoms with Gasteiger partial charge in [0.2, 0.25) is 0 Å². The number of amides is 1. The van der Waals surface area contributed by atoms with E-state index in [2.05, 4.69) is 18.7 Å². The molecule has 0 bridgehead atoms. The molecule has 4 heteroatoms. The Kier molecular flexibility index (Phi) is 5.37. The van der Waals surface area contributed by atoms with Crippen LogP contribution in [0, 0.1) is 5.92 Å². The van der Waals surface area contributed by atoms with E-state index in [1.807, 2.05) is 36.2 Å². The largest absolute Gasteiger partial charge is 0.338 e. The maximum absolute atomic E-state index is 12.6. The second kappa shape index (κ2) is 7.05. The van der Waals surface area contributed by atoms with Crippen molar-refractivity contribution in [3.63, 3.8) is 0 Å². The van der Waals surface area contributed by atoms with Gasteiger partial charge in [0.15, 0.2) is 0 Å². The molecule has 1 heterocycles. The predicted octanol–water partition coefficient (Wildman–Crippen LogP) is 1.95. The van der Waals surface area contributed by atoms with E-state index < -0.39 is 0 Å². The van der Waals surface area contributed by atoms with Crippen LogP contribution >= 0.6 is 0 Å². The zero-order valence-electron chi connectivity index (χ0n) is 13.4. The number of piperidine rings is 1. The molecule has 0 aromatic heterocycles. The van der Waals surface area contributed by atoms with Crippen molar-refractivity contribution in [3.05, 3.63) is 35.4 Å². The minimum Gasteiger partial charge on any atom is -0.338 e. The molecule has 0 radical (unpaired) electrons. The molecule has 1 aromatic rings. The molecule has 1 saturated heterocycles. The number of hydrogen-bond donors (Lipinski definition) is 1. The Labute approximate surface area is 127 Å². The molecule has 1 aliphatic rings. The number of benzene rings is 1. The Morgan fingerprint density at radius 3 is 2.57 bits per heavy atom. The molecule has 1 fully saturated rings. The van der Waals surface area contributed by atoms with Crippen molar-refractivity contribution in [3.8, 4) is 0 Å². The van der Waals surface area contributed by atoms with E-state index in [0.717, 1.165) is 37.2 Å². The number of rotatable bonds is 4. The van der Waals surface area contributed by atoms with E-state index in [1.54, 1.807) is 0 Å². The molecule has 1 amide bonds. The van der Waals surface area contributed by atoms with Gasteiger partial charge in [0.05, 0.1) is 0 Å². The minimum atomic E-state index is 0.111. The molecule has 21 heavy (non-hydrogen) atoms. The van der Waals surface area contributed by atoms with Crippen LogP contribution < -0.4 is 5.73 Å². The second-order valence-corrected chi connectivity index (χ2v) is 6.04. The molecule has 1 aliphatic heterocycles. The van der Waals surface area contributed by atoms with Gasteiger partial charge in [-0.3, -0.25) is 4.79 Å². The van der Waals surface area contributed by atoms with Crippen molar-refractivity contribution in [2.24, 2.45) is 11.7 Å². The van der Waals surface area contributed by atoms with E-state index >= 15 is 0 Å². The normalized spacial score (nSPS) is 23.0. The monoisotopic (exact) mass is 289 g/mol. The van der Waals surface area contributed by atoms with Crippen LogP contribution in [0.5, 0.6) is 0 Å². The molecule has 116 valence electrons. The van der Waals surface area contributed by atoms with Crippen LogP contribution in [0.15, 0.2) is 24.3 Å². The van der Waals surface area contributed by atoms with Crippen LogP contribution in [0.25, 0.3) is 0 Å². The van der Waals surface area contributed by atoms with Crippen LogP contribution in [0.4, 0.5) is 0 Å². The fraction of sp³-hybridized carbons (Fsp3) is 0.588. The molecule has 4 nitrogen and oxygen atoms in total. The molecular weight excluding hydrogens is 262 g/mol. The number of nitrogens with zero attached hydrogens (tertiary/aromatic N) is 2. The lowest BCUT2D eigenvalue weighted by molar-refractivity contribution is 0.0520. The van der Waals surface area contributed by atoms with Gasteiger partial charge in [-0.2, -0.15) is 0 Å². The molecule has 0 spiro atoms. The zero-order valence-corrected chi connectivity index (χ0v) is 13.4. The Morgan fingerprint density at radius 1 is 1.38 bits per heavy atom. The molecule has 2 unspecified atom stereocenters. The SMILES string of the molecule is CCN1CCC(N(C)C(=O)c2ccc(CN)cc2)C(C)C1. The summed E-state index contributed by atoms with van der Waals surface area (Å²) in [5.74, 6) is 0.622. The van der Waals surface area contributed by atoms with Crippen molar-refractivity contribution in [2.75, 3.05) is 26.7 Å². The Morgan fingerprint density at radius 2 is 2.05 bits per heavy atom. The highest BCUT2D eigenvalue weighted by atomic mass is 16.2. The number of nitrogens with two attached hydrogens (primary N) is 1. The van der Waals surface area contributed by atoms with Crippen LogP contribution in [-0.4, -0.2) is 48.4 Å². The number of likely N-dealkylation sites (tertiary alicyclic amines) is 1. The van der Waals surface area contributed by atoms with Crippen molar-refractivity contribution in [2.45, 2.75) is 32.9 Å². The number of carbonyl (C=O) groups excluding carboxylic acids is 1. The summed E-state index contributed by atoms with van der Waals surface area (Å²) in [6, 6.07) is 7.96. The molecule has 0 saturated carbocycles. The highest BCUT2D eigenvalue weighted by molar-refractivity contribution is 5.94. The first-order valence-electron chi connectivity index (χ1n) is 7.85. The summed E-state index contributed by atoms with van der Waals surface area (Å²) in [6.07, 6.45) is 1.05. The zero-order chi connectivity index (χ0) is 15.4. The molecular formula is C17H27N3O. The minimum absolute atomic E-state index is 0.111. The first-order chi connectivity index (χ1) is 10.1. The van der Waals surface area contributed by atoms with Gasteiger partial charge in [-0.15, -0.1) is 0 Å². The van der Waals surface area contributed by atoms with E-state index in [0.29, 0.717) is 18.5 Å². The molecule has 0 aliphatic carbocycles. The highest BCUT2D eigenvalue weighted by Gasteiger charge is 2.30. The first-order valence-corrected chi connectivity index (χ1v) is 7.85. The third kappa shape index (κ3) is 3.63. The summed E-state index contributed by atoms with van der Waals surface area (Å²) in [4.78, 5) is 17.0. The summed E-state index contributed by atoms with van der Waals surface area (Å²) in [7, 11) is 1.93. The van der Waals surface area contributed by atoms with Gasteiger partial charge in [-0.25, -0.2) is 0 Å². The average Bonchev–Trinajstić information content (AvgIpc) is 2.53. The Balaban J connectivity index is 2.04. The Hall–Kier alpha value is -1.39. The number of carbonyl (C=O) groups is 1. The average molecular weight is 289 g/mol. The highest BCUT2D eigenvalue weighted by Crippen LogP contribution is 2.22. The maximum atomic E-state index is 12.6. The molecule has 2 atom stereocenters.